The highest BCUT2D eigenvalue weighted by atomic mass is 19.1. The van der Waals surface area contributed by atoms with Crippen LogP contribution in [0.4, 0.5) is 4.39 Å². The third kappa shape index (κ3) is 2.53. The number of nitrogens with one attached hydrogen (secondary N) is 1. The fourth-order valence-electron chi connectivity index (χ4n) is 6.30. The summed E-state index contributed by atoms with van der Waals surface area (Å²) in [4.78, 5) is 0. The van der Waals surface area contributed by atoms with Gasteiger partial charge < -0.3 is 15.2 Å². The highest BCUT2D eigenvalue weighted by Crippen LogP contribution is 2.78. The Hall–Kier alpha value is -3.00. The lowest BCUT2D eigenvalue weighted by molar-refractivity contribution is 0.0190. The van der Waals surface area contributed by atoms with E-state index < -0.39 is 12.3 Å². The molecule has 3 fully saturated rings. The number of aromatic hydroxyl groups is 1. The fraction of sp³-hybridized carbons (Fsp3) is 0.458. The number of hydrogen-bond acceptors (Lipinski definition) is 6. The first-order valence-corrected chi connectivity index (χ1v) is 11.1. The van der Waals surface area contributed by atoms with Gasteiger partial charge in [-0.1, -0.05) is 13.8 Å². The Morgan fingerprint density at radius 1 is 1.22 bits per heavy atom. The Labute approximate surface area is 185 Å². The zero-order valence-corrected chi connectivity index (χ0v) is 18.3. The first-order valence-electron chi connectivity index (χ1n) is 11.1. The number of hydrogen-bond donors (Lipinski definition) is 2. The van der Waals surface area contributed by atoms with Crippen LogP contribution in [0.2, 0.25) is 0 Å². The van der Waals surface area contributed by atoms with Gasteiger partial charge in [0.25, 0.3) is 0 Å². The molecule has 2 bridgehead atoms. The summed E-state index contributed by atoms with van der Waals surface area (Å²) < 4.78 is 22.9. The van der Waals surface area contributed by atoms with Gasteiger partial charge in [-0.05, 0) is 54.4 Å². The van der Waals surface area contributed by atoms with Crippen LogP contribution in [0, 0.1) is 23.7 Å². The van der Waals surface area contributed by atoms with E-state index >= 15 is 4.39 Å². The lowest BCUT2D eigenvalue weighted by Gasteiger charge is -2.34. The van der Waals surface area contributed by atoms with Gasteiger partial charge in [0.05, 0.1) is 17.1 Å². The zero-order chi connectivity index (χ0) is 22.3. The molecule has 7 nitrogen and oxygen atoms in total. The van der Waals surface area contributed by atoms with Gasteiger partial charge in [0.2, 0.25) is 5.88 Å². The Morgan fingerprint density at radius 2 is 2.06 bits per heavy atom. The van der Waals surface area contributed by atoms with Gasteiger partial charge in [0.15, 0.2) is 6.17 Å². The minimum Gasteiger partial charge on any atom is -0.507 e. The summed E-state index contributed by atoms with van der Waals surface area (Å²) in [6.07, 6.45) is 0.919. The number of aryl methyl sites for hydroxylation is 1. The van der Waals surface area contributed by atoms with Gasteiger partial charge in [0.1, 0.15) is 11.9 Å². The number of piperidine rings is 1. The third-order valence-corrected chi connectivity index (χ3v) is 8.40. The van der Waals surface area contributed by atoms with E-state index in [1.165, 1.54) is 0 Å². The molecule has 0 amide bonds. The second-order valence-electron chi connectivity index (χ2n) is 9.68. The largest absolute Gasteiger partial charge is 0.507 e. The molecule has 2 aliphatic carbocycles. The van der Waals surface area contributed by atoms with Crippen LogP contribution in [0.5, 0.6) is 11.6 Å². The van der Waals surface area contributed by atoms with Gasteiger partial charge in [0, 0.05) is 36.5 Å². The van der Waals surface area contributed by atoms with Gasteiger partial charge in [-0.3, -0.25) is 0 Å². The Bertz CT molecular complexity index is 1200. The first-order chi connectivity index (χ1) is 15.3. The van der Waals surface area contributed by atoms with Crippen LogP contribution in [0.25, 0.3) is 16.9 Å². The summed E-state index contributed by atoms with van der Waals surface area (Å²) in [6.45, 7) is 7.19. The molecule has 2 N–H and O–H groups in total. The van der Waals surface area contributed by atoms with E-state index in [0.29, 0.717) is 29.5 Å². The molecule has 166 valence electrons. The second-order valence-corrected chi connectivity index (χ2v) is 9.68. The van der Waals surface area contributed by atoms with Crippen molar-refractivity contribution in [2.45, 2.75) is 45.5 Å². The highest BCUT2D eigenvalue weighted by molar-refractivity contribution is 5.68. The molecule has 3 aromatic rings. The quantitative estimate of drug-likeness (QED) is 0.653. The molecule has 32 heavy (non-hydrogen) atoms. The van der Waals surface area contributed by atoms with Crippen molar-refractivity contribution < 1.29 is 14.2 Å². The van der Waals surface area contributed by atoms with E-state index in [1.54, 1.807) is 28.9 Å². The predicted molar refractivity (Wildman–Crippen MR) is 116 cm³/mol. The lowest BCUT2D eigenvalue weighted by atomic mass is 9.78. The van der Waals surface area contributed by atoms with Crippen LogP contribution < -0.4 is 10.1 Å². The van der Waals surface area contributed by atoms with Gasteiger partial charge in [-0.15, -0.1) is 10.2 Å². The summed E-state index contributed by atoms with van der Waals surface area (Å²) >= 11 is 0. The molecule has 3 aliphatic rings. The molecule has 8 heteroatoms. The van der Waals surface area contributed by atoms with Crippen molar-refractivity contribution in [3.05, 3.63) is 48.3 Å². The predicted octanol–water partition coefficient (Wildman–Crippen LogP) is 3.45. The van der Waals surface area contributed by atoms with Crippen molar-refractivity contribution >= 4 is 0 Å². The molecule has 0 radical (unpaired) electrons. The standard InChI is InChI=1S/C24H26FN5O2/c1-13-8-9-30(29-13)15-4-5-16(18(31)10-15)17-6-7-20(28-27-17)32-19-11-24-12-26-22(21(19)25)23(24,3)14(24)2/h4-10,14,19,21-22,26,31H,11-12H2,1-3H3. The monoisotopic (exact) mass is 435 g/mol. The molecule has 6 atom stereocenters. The molecular weight excluding hydrogens is 409 g/mol. The minimum absolute atomic E-state index is 0.0281. The molecule has 6 unspecified atom stereocenters. The van der Waals surface area contributed by atoms with Crippen LogP contribution >= 0.6 is 0 Å². The van der Waals surface area contributed by atoms with E-state index in [2.05, 4.69) is 34.5 Å². The van der Waals surface area contributed by atoms with E-state index in [-0.39, 0.29) is 22.6 Å². The number of nitrogens with zero attached hydrogens (tertiary/aromatic N) is 4. The molecule has 1 aliphatic heterocycles. The molecule has 3 heterocycles. The maximum absolute atomic E-state index is 15.2. The maximum atomic E-state index is 15.2. The van der Waals surface area contributed by atoms with Crippen LogP contribution in [-0.2, 0) is 0 Å². The van der Waals surface area contributed by atoms with Crippen molar-refractivity contribution in [3.63, 3.8) is 0 Å². The lowest BCUT2D eigenvalue weighted by Crippen LogP contribution is -2.49. The molecular formula is C24H26FN5O2. The SMILES string of the molecule is Cc1ccn(-c2ccc(-c3ccc(OC4CC56CNC(C4F)C5(C)C6C)nn3)c(O)c2)n1. The van der Waals surface area contributed by atoms with Gasteiger partial charge in [-0.25, -0.2) is 9.07 Å². The topological polar surface area (TPSA) is 85.1 Å². The number of halogens is 1. The van der Waals surface area contributed by atoms with E-state index in [0.717, 1.165) is 17.9 Å². The Balaban J connectivity index is 1.20. The minimum atomic E-state index is -1.08. The molecule has 2 aromatic heterocycles. The van der Waals surface area contributed by atoms with Crippen molar-refractivity contribution in [1.29, 1.82) is 0 Å². The van der Waals surface area contributed by atoms with Crippen LogP contribution in [0.15, 0.2) is 42.6 Å². The van der Waals surface area contributed by atoms with Crippen LogP contribution in [0.1, 0.15) is 26.0 Å². The van der Waals surface area contributed by atoms with Crippen LogP contribution in [-0.4, -0.2) is 49.9 Å². The average molecular weight is 436 g/mol. The van der Waals surface area contributed by atoms with Crippen molar-refractivity contribution in [1.82, 2.24) is 25.3 Å². The molecule has 1 saturated heterocycles. The van der Waals surface area contributed by atoms with Gasteiger partial charge >= 0.3 is 0 Å². The number of rotatable bonds is 4. The summed E-state index contributed by atoms with van der Waals surface area (Å²) in [6, 6.07) is 10.4. The summed E-state index contributed by atoms with van der Waals surface area (Å²) in [5.41, 5.74) is 2.87. The summed E-state index contributed by atoms with van der Waals surface area (Å²) in [5, 5.41) is 26.6. The summed E-state index contributed by atoms with van der Waals surface area (Å²) in [5.74, 6) is 0.883. The molecule has 0 spiro atoms. The number of phenols is 1. The third-order valence-electron chi connectivity index (χ3n) is 8.40. The first kappa shape index (κ1) is 19.7. The van der Waals surface area contributed by atoms with Crippen LogP contribution in [0.3, 0.4) is 0 Å². The number of phenolic OH excluding ortho intramolecular Hbond substituents is 1. The number of aromatic nitrogens is 4. The van der Waals surface area contributed by atoms with E-state index in [4.69, 9.17) is 4.74 Å². The number of alkyl halides is 1. The number of ether oxygens (including phenoxy) is 1. The number of benzene rings is 1. The second kappa shape index (κ2) is 6.51. The maximum Gasteiger partial charge on any atom is 0.233 e. The summed E-state index contributed by atoms with van der Waals surface area (Å²) in [7, 11) is 0. The van der Waals surface area contributed by atoms with Gasteiger partial charge in [-0.2, -0.15) is 5.10 Å². The average Bonchev–Trinajstić information content (AvgIpc) is 3.06. The highest BCUT2D eigenvalue weighted by Gasteiger charge is 2.81. The van der Waals surface area contributed by atoms with Crippen molar-refractivity contribution in [3.8, 4) is 28.6 Å². The molecule has 2 saturated carbocycles. The van der Waals surface area contributed by atoms with Crippen molar-refractivity contribution in [2.75, 3.05) is 6.54 Å². The smallest absolute Gasteiger partial charge is 0.233 e. The fourth-order valence-corrected chi connectivity index (χ4v) is 6.30. The Kier molecular flexibility index (Phi) is 4.00. The van der Waals surface area contributed by atoms with Crippen molar-refractivity contribution in [2.24, 2.45) is 16.7 Å². The normalized spacial score (nSPS) is 34.9. The Morgan fingerprint density at radius 3 is 2.72 bits per heavy atom. The van der Waals surface area contributed by atoms with E-state index in [9.17, 15) is 5.11 Å². The zero-order valence-electron chi connectivity index (χ0n) is 18.3. The van der Waals surface area contributed by atoms with E-state index in [1.807, 2.05) is 25.3 Å². The molecule has 1 aromatic carbocycles. The molecule has 6 rings (SSSR count).